The van der Waals surface area contributed by atoms with Gasteiger partial charge in [-0.25, -0.2) is 13.4 Å². The number of nitrogens with zero attached hydrogens (tertiary/aromatic N) is 1. The van der Waals surface area contributed by atoms with Crippen molar-refractivity contribution in [1.29, 1.82) is 0 Å². The molecular weight excluding hydrogens is 354 g/mol. The molecule has 2 aromatic rings. The van der Waals surface area contributed by atoms with Gasteiger partial charge in [-0.1, -0.05) is 11.6 Å². The minimum Gasteiger partial charge on any atom is -0.438 e. The molecule has 0 fully saturated rings. The molecule has 0 bridgehead atoms. The molecule has 1 heterocycles. The van der Waals surface area contributed by atoms with E-state index in [2.05, 4.69) is 20.9 Å². The van der Waals surface area contributed by atoms with E-state index in [0.717, 1.165) is 10.7 Å². The molecule has 0 N–H and O–H groups in total. The van der Waals surface area contributed by atoms with Crippen molar-refractivity contribution in [3.05, 3.63) is 46.0 Å². The lowest BCUT2D eigenvalue weighted by Crippen LogP contribution is -1.96. The van der Waals surface area contributed by atoms with Crippen molar-refractivity contribution in [3.63, 3.8) is 0 Å². The molecule has 19 heavy (non-hydrogen) atoms. The quantitative estimate of drug-likeness (QED) is 0.835. The summed E-state index contributed by atoms with van der Waals surface area (Å²) in [7, 11) is -3.21. The summed E-state index contributed by atoms with van der Waals surface area (Å²) in [6.07, 6.45) is 2.71. The molecule has 4 nitrogen and oxygen atoms in total. The van der Waals surface area contributed by atoms with E-state index < -0.39 is 9.84 Å². The molecule has 0 aliphatic heterocycles. The smallest absolute Gasteiger partial charge is 0.238 e. The van der Waals surface area contributed by atoms with Crippen LogP contribution in [0.2, 0.25) is 5.02 Å². The molecule has 0 radical (unpaired) electrons. The molecule has 0 spiro atoms. The number of hydrogen-bond acceptors (Lipinski definition) is 4. The summed E-state index contributed by atoms with van der Waals surface area (Å²) in [5.74, 6) is 0.723. The van der Waals surface area contributed by atoms with E-state index in [0.29, 0.717) is 10.8 Å². The Morgan fingerprint density at radius 1 is 1.26 bits per heavy atom. The normalized spacial score (nSPS) is 11.3. The molecule has 100 valence electrons. The van der Waals surface area contributed by atoms with Crippen molar-refractivity contribution in [3.8, 4) is 11.6 Å². The van der Waals surface area contributed by atoms with E-state index in [9.17, 15) is 8.42 Å². The summed E-state index contributed by atoms with van der Waals surface area (Å²) in [5.41, 5.74) is 0. The first kappa shape index (κ1) is 14.3. The molecule has 0 saturated carbocycles. The monoisotopic (exact) mass is 361 g/mol. The number of halogens is 2. The second-order valence-corrected chi connectivity index (χ2v) is 7.12. The molecule has 0 atom stereocenters. The summed E-state index contributed by atoms with van der Waals surface area (Å²) < 4.78 is 28.8. The van der Waals surface area contributed by atoms with Gasteiger partial charge in [0.15, 0.2) is 9.84 Å². The summed E-state index contributed by atoms with van der Waals surface area (Å²) in [5, 5.41) is 0.363. The van der Waals surface area contributed by atoms with Crippen LogP contribution in [-0.2, 0) is 9.84 Å². The van der Waals surface area contributed by atoms with Crippen LogP contribution in [0.5, 0.6) is 11.6 Å². The third kappa shape index (κ3) is 3.68. The highest BCUT2D eigenvalue weighted by Gasteiger charge is 2.09. The second kappa shape index (κ2) is 5.48. The zero-order valence-corrected chi connectivity index (χ0v) is 13.0. The maximum absolute atomic E-state index is 11.3. The molecule has 0 unspecified atom stereocenters. The van der Waals surface area contributed by atoms with E-state index in [-0.39, 0.29) is 10.8 Å². The Balaban J connectivity index is 2.25. The van der Waals surface area contributed by atoms with Gasteiger partial charge in [0, 0.05) is 16.9 Å². The zero-order valence-electron chi connectivity index (χ0n) is 9.80. The van der Waals surface area contributed by atoms with Crippen LogP contribution in [0.1, 0.15) is 0 Å². The van der Waals surface area contributed by atoms with E-state index in [1.54, 1.807) is 24.4 Å². The van der Waals surface area contributed by atoms with Gasteiger partial charge < -0.3 is 4.74 Å². The van der Waals surface area contributed by atoms with Gasteiger partial charge in [-0.3, -0.25) is 0 Å². The van der Waals surface area contributed by atoms with E-state index in [1.807, 2.05) is 0 Å². The fourth-order valence-electron chi connectivity index (χ4n) is 1.34. The number of ether oxygens (including phenoxy) is 1. The van der Waals surface area contributed by atoms with Crippen LogP contribution in [0.4, 0.5) is 0 Å². The Kier molecular flexibility index (Phi) is 4.13. The maximum atomic E-state index is 11.3. The highest BCUT2D eigenvalue weighted by molar-refractivity contribution is 9.10. The molecule has 1 aromatic carbocycles. The Morgan fingerprint density at radius 3 is 2.42 bits per heavy atom. The second-order valence-electron chi connectivity index (χ2n) is 3.79. The average molecular weight is 363 g/mol. The van der Waals surface area contributed by atoms with Crippen molar-refractivity contribution < 1.29 is 13.2 Å². The van der Waals surface area contributed by atoms with Crippen LogP contribution < -0.4 is 4.74 Å². The van der Waals surface area contributed by atoms with Gasteiger partial charge in [0.05, 0.1) is 4.90 Å². The number of pyridine rings is 1. The molecule has 0 aliphatic rings. The van der Waals surface area contributed by atoms with Gasteiger partial charge >= 0.3 is 0 Å². The van der Waals surface area contributed by atoms with E-state index in [1.165, 1.54) is 12.1 Å². The minimum absolute atomic E-state index is 0.231. The fourth-order valence-corrected chi connectivity index (χ4v) is 2.64. The number of benzene rings is 1. The highest BCUT2D eigenvalue weighted by Crippen LogP contribution is 2.29. The topological polar surface area (TPSA) is 56.3 Å². The molecule has 2 rings (SSSR count). The number of sulfone groups is 1. The standard InChI is InChI=1S/C12H9BrClNO3S/c1-19(16,17)10-4-2-9(3-5-10)18-12-11(14)6-8(13)7-15-12/h2-7H,1H3. The van der Waals surface area contributed by atoms with Crippen LogP contribution in [0.15, 0.2) is 45.9 Å². The average Bonchev–Trinajstić information content (AvgIpc) is 2.32. The maximum Gasteiger partial charge on any atom is 0.238 e. The summed E-state index contributed by atoms with van der Waals surface area (Å²) in [4.78, 5) is 4.26. The van der Waals surface area contributed by atoms with Crippen molar-refractivity contribution in [2.24, 2.45) is 0 Å². The lowest BCUT2D eigenvalue weighted by atomic mass is 10.3. The number of hydrogen-bond donors (Lipinski definition) is 0. The molecule has 1 aromatic heterocycles. The van der Waals surface area contributed by atoms with Crippen LogP contribution in [0.3, 0.4) is 0 Å². The van der Waals surface area contributed by atoms with Crippen molar-refractivity contribution in [2.75, 3.05) is 6.26 Å². The SMILES string of the molecule is CS(=O)(=O)c1ccc(Oc2ncc(Br)cc2Cl)cc1. The predicted octanol–water partition coefficient (Wildman–Crippen LogP) is 3.69. The van der Waals surface area contributed by atoms with Crippen molar-refractivity contribution in [1.82, 2.24) is 4.98 Å². The Bertz CT molecular complexity index is 701. The minimum atomic E-state index is -3.21. The van der Waals surface area contributed by atoms with Crippen LogP contribution >= 0.6 is 27.5 Å². The molecule has 0 amide bonds. The summed E-state index contributed by atoms with van der Waals surface area (Å²) >= 11 is 9.21. The molecule has 0 saturated heterocycles. The molecule has 7 heteroatoms. The Labute approximate surface area is 124 Å². The Morgan fingerprint density at radius 2 is 1.89 bits per heavy atom. The van der Waals surface area contributed by atoms with E-state index in [4.69, 9.17) is 16.3 Å². The van der Waals surface area contributed by atoms with Gasteiger partial charge in [-0.2, -0.15) is 0 Å². The lowest BCUT2D eigenvalue weighted by molar-refractivity contribution is 0.462. The lowest BCUT2D eigenvalue weighted by Gasteiger charge is -2.07. The third-order valence-corrected chi connectivity index (χ3v) is 4.07. The first-order valence-corrected chi connectivity index (χ1v) is 8.21. The van der Waals surface area contributed by atoms with Gasteiger partial charge in [0.25, 0.3) is 0 Å². The number of aromatic nitrogens is 1. The van der Waals surface area contributed by atoms with Gasteiger partial charge in [0.1, 0.15) is 10.8 Å². The third-order valence-electron chi connectivity index (χ3n) is 2.24. The van der Waals surface area contributed by atoms with Crippen LogP contribution in [-0.4, -0.2) is 19.7 Å². The summed E-state index contributed by atoms with van der Waals surface area (Å²) in [6.45, 7) is 0. The molecule has 0 aliphatic carbocycles. The van der Waals surface area contributed by atoms with Gasteiger partial charge in [0.2, 0.25) is 5.88 Å². The number of rotatable bonds is 3. The van der Waals surface area contributed by atoms with Crippen molar-refractivity contribution >= 4 is 37.4 Å². The van der Waals surface area contributed by atoms with Crippen LogP contribution in [0, 0.1) is 0 Å². The Hall–Kier alpha value is -1.11. The van der Waals surface area contributed by atoms with Gasteiger partial charge in [-0.05, 0) is 46.3 Å². The zero-order chi connectivity index (χ0) is 14.0. The van der Waals surface area contributed by atoms with E-state index >= 15 is 0 Å². The first-order valence-electron chi connectivity index (χ1n) is 5.15. The first-order chi connectivity index (χ1) is 8.86. The van der Waals surface area contributed by atoms with Gasteiger partial charge in [-0.15, -0.1) is 0 Å². The predicted molar refractivity (Wildman–Crippen MR) is 76.6 cm³/mol. The highest BCUT2D eigenvalue weighted by atomic mass is 79.9. The van der Waals surface area contributed by atoms with Crippen LogP contribution in [0.25, 0.3) is 0 Å². The molecular formula is C12H9BrClNO3S. The fraction of sp³-hybridized carbons (Fsp3) is 0.0833. The summed E-state index contributed by atoms with van der Waals surface area (Å²) in [6, 6.07) is 7.70. The largest absolute Gasteiger partial charge is 0.438 e. The van der Waals surface area contributed by atoms with Crippen molar-refractivity contribution in [2.45, 2.75) is 4.90 Å².